The Balaban J connectivity index is 1.88. The molecule has 1 aliphatic rings. The van der Waals surface area contributed by atoms with Gasteiger partial charge in [0, 0.05) is 19.0 Å². The molecule has 2 aromatic carbocycles. The van der Waals surface area contributed by atoms with Gasteiger partial charge in [0.2, 0.25) is 0 Å². The van der Waals surface area contributed by atoms with Crippen LogP contribution in [0.4, 0.5) is 5.69 Å². The number of ether oxygens (including phenoxy) is 2. The zero-order chi connectivity index (χ0) is 19.3. The number of carbonyl (C=O) groups is 1. The third-order valence-electron chi connectivity index (χ3n) is 3.85. The molecule has 8 heteroatoms. The molecule has 0 atom stereocenters. The van der Waals surface area contributed by atoms with E-state index in [9.17, 15) is 13.2 Å². The number of fused-ring (bicyclic) bond motifs is 1. The van der Waals surface area contributed by atoms with E-state index in [-0.39, 0.29) is 22.7 Å². The molecule has 0 radical (unpaired) electrons. The maximum Gasteiger partial charge on any atom is 0.262 e. The minimum Gasteiger partial charge on any atom is -0.490 e. The van der Waals surface area contributed by atoms with Gasteiger partial charge in [0.05, 0.1) is 29.4 Å². The third kappa shape index (κ3) is 4.40. The van der Waals surface area contributed by atoms with Crippen molar-refractivity contribution in [1.82, 2.24) is 5.32 Å². The van der Waals surface area contributed by atoms with E-state index >= 15 is 0 Å². The number of hydrogen-bond donors (Lipinski definition) is 2. The van der Waals surface area contributed by atoms with E-state index in [1.807, 2.05) is 0 Å². The molecule has 27 heavy (non-hydrogen) atoms. The lowest BCUT2D eigenvalue weighted by molar-refractivity contribution is 0.0959. The summed E-state index contributed by atoms with van der Waals surface area (Å²) in [6, 6.07) is 10.8. The van der Waals surface area contributed by atoms with Crippen molar-refractivity contribution in [2.45, 2.75) is 11.3 Å². The van der Waals surface area contributed by atoms with Gasteiger partial charge in [-0.2, -0.15) is 0 Å². The number of amides is 1. The standard InChI is InChI=1S/C19H20N2O5S/c1-2-10-20-19(22)15-6-3-4-7-16(15)21-27(23,24)14-8-9-17-18(13-14)26-12-5-11-25-17/h2-4,6-9,13,21H,1,5,10-12H2,(H,20,22). The van der Waals surface area contributed by atoms with Crippen molar-refractivity contribution in [2.24, 2.45) is 0 Å². The molecule has 0 aliphatic carbocycles. The summed E-state index contributed by atoms with van der Waals surface area (Å²) in [7, 11) is -3.92. The first-order valence-electron chi connectivity index (χ1n) is 8.42. The molecule has 0 bridgehead atoms. The largest absolute Gasteiger partial charge is 0.490 e. The van der Waals surface area contributed by atoms with E-state index in [1.54, 1.807) is 30.3 Å². The molecule has 0 aromatic heterocycles. The SMILES string of the molecule is C=CCNC(=O)c1ccccc1NS(=O)(=O)c1ccc2c(c1)OCCCO2. The molecule has 2 aromatic rings. The molecule has 1 aliphatic heterocycles. The Morgan fingerprint density at radius 3 is 2.63 bits per heavy atom. The van der Waals surface area contributed by atoms with E-state index in [4.69, 9.17) is 9.47 Å². The van der Waals surface area contributed by atoms with Gasteiger partial charge in [-0.25, -0.2) is 8.42 Å². The van der Waals surface area contributed by atoms with Crippen LogP contribution < -0.4 is 19.5 Å². The van der Waals surface area contributed by atoms with Gasteiger partial charge >= 0.3 is 0 Å². The lowest BCUT2D eigenvalue weighted by Crippen LogP contribution is -2.25. The van der Waals surface area contributed by atoms with Crippen LogP contribution in [0.25, 0.3) is 0 Å². The van der Waals surface area contributed by atoms with Crippen molar-refractivity contribution in [3.63, 3.8) is 0 Å². The molecule has 1 heterocycles. The summed E-state index contributed by atoms with van der Waals surface area (Å²) >= 11 is 0. The molecule has 3 rings (SSSR count). The Labute approximate surface area is 158 Å². The van der Waals surface area contributed by atoms with Crippen molar-refractivity contribution in [1.29, 1.82) is 0 Å². The first-order chi connectivity index (χ1) is 13.0. The summed E-state index contributed by atoms with van der Waals surface area (Å²) in [5.41, 5.74) is 0.406. The first kappa shape index (κ1) is 18.8. The van der Waals surface area contributed by atoms with Crippen LogP contribution in [0.15, 0.2) is 60.0 Å². The fourth-order valence-corrected chi connectivity index (χ4v) is 3.64. The van der Waals surface area contributed by atoms with Gasteiger partial charge in [-0.1, -0.05) is 18.2 Å². The van der Waals surface area contributed by atoms with Crippen LogP contribution in [-0.4, -0.2) is 34.1 Å². The molecule has 142 valence electrons. The summed E-state index contributed by atoms with van der Waals surface area (Å²) in [6.45, 7) is 4.79. The van der Waals surface area contributed by atoms with Gasteiger partial charge in [-0.15, -0.1) is 6.58 Å². The van der Waals surface area contributed by atoms with E-state index in [2.05, 4.69) is 16.6 Å². The maximum atomic E-state index is 12.8. The van der Waals surface area contributed by atoms with Crippen LogP contribution in [0.2, 0.25) is 0 Å². The summed E-state index contributed by atoms with van der Waals surface area (Å²) in [4.78, 5) is 12.3. The zero-order valence-electron chi connectivity index (χ0n) is 14.6. The summed E-state index contributed by atoms with van der Waals surface area (Å²) in [5, 5.41) is 2.63. The second kappa shape index (κ2) is 8.13. The van der Waals surface area contributed by atoms with Crippen molar-refractivity contribution in [2.75, 3.05) is 24.5 Å². The maximum absolute atomic E-state index is 12.8. The molecule has 7 nitrogen and oxygen atoms in total. The van der Waals surface area contributed by atoms with Gasteiger partial charge in [-0.05, 0) is 24.3 Å². The predicted molar refractivity (Wildman–Crippen MR) is 102 cm³/mol. The number of para-hydroxylation sites is 1. The second-order valence-corrected chi connectivity index (χ2v) is 7.49. The Morgan fingerprint density at radius 2 is 1.85 bits per heavy atom. The zero-order valence-corrected chi connectivity index (χ0v) is 15.4. The highest BCUT2D eigenvalue weighted by molar-refractivity contribution is 7.92. The van der Waals surface area contributed by atoms with Crippen molar-refractivity contribution < 1.29 is 22.7 Å². The minimum absolute atomic E-state index is 0.0213. The fraction of sp³-hybridized carbons (Fsp3) is 0.211. The number of sulfonamides is 1. The van der Waals surface area contributed by atoms with E-state index < -0.39 is 15.9 Å². The number of nitrogens with one attached hydrogen (secondary N) is 2. The van der Waals surface area contributed by atoms with Crippen molar-refractivity contribution >= 4 is 21.6 Å². The van der Waals surface area contributed by atoms with Crippen LogP contribution in [0.1, 0.15) is 16.8 Å². The molecular formula is C19H20N2O5S. The Bertz CT molecular complexity index is 956. The number of anilines is 1. The molecular weight excluding hydrogens is 368 g/mol. The number of hydrogen-bond acceptors (Lipinski definition) is 5. The second-order valence-electron chi connectivity index (χ2n) is 5.81. The van der Waals surface area contributed by atoms with Crippen molar-refractivity contribution in [3.8, 4) is 11.5 Å². The first-order valence-corrected chi connectivity index (χ1v) is 9.90. The summed E-state index contributed by atoms with van der Waals surface area (Å²) < 4.78 is 39.2. The Hall–Kier alpha value is -3.00. The van der Waals surface area contributed by atoms with Crippen molar-refractivity contribution in [3.05, 3.63) is 60.7 Å². The molecule has 1 amide bonds. The quantitative estimate of drug-likeness (QED) is 0.742. The third-order valence-corrected chi connectivity index (χ3v) is 5.22. The number of rotatable bonds is 6. The topological polar surface area (TPSA) is 93.7 Å². The Morgan fingerprint density at radius 1 is 1.11 bits per heavy atom. The lowest BCUT2D eigenvalue weighted by atomic mass is 10.1. The minimum atomic E-state index is -3.92. The highest BCUT2D eigenvalue weighted by Gasteiger charge is 2.21. The smallest absolute Gasteiger partial charge is 0.262 e. The van der Waals surface area contributed by atoms with Gasteiger partial charge < -0.3 is 14.8 Å². The molecule has 0 fully saturated rings. The number of benzene rings is 2. The van der Waals surface area contributed by atoms with Crippen LogP contribution in [0.5, 0.6) is 11.5 Å². The van der Waals surface area contributed by atoms with Crippen LogP contribution in [0, 0.1) is 0 Å². The highest BCUT2D eigenvalue weighted by Crippen LogP contribution is 2.32. The molecule has 0 unspecified atom stereocenters. The predicted octanol–water partition coefficient (Wildman–Crippen LogP) is 2.56. The fourth-order valence-electron chi connectivity index (χ4n) is 2.54. The van der Waals surface area contributed by atoms with E-state index in [1.165, 1.54) is 18.2 Å². The summed E-state index contributed by atoms with van der Waals surface area (Å²) in [5.74, 6) is 0.495. The number of carbonyl (C=O) groups excluding carboxylic acids is 1. The van der Waals surface area contributed by atoms with Crippen LogP contribution >= 0.6 is 0 Å². The molecule has 2 N–H and O–H groups in total. The molecule has 0 saturated heterocycles. The summed E-state index contributed by atoms with van der Waals surface area (Å²) in [6.07, 6.45) is 2.27. The van der Waals surface area contributed by atoms with Gasteiger partial charge in [0.1, 0.15) is 0 Å². The molecule has 0 spiro atoms. The highest BCUT2D eigenvalue weighted by atomic mass is 32.2. The monoisotopic (exact) mass is 388 g/mol. The lowest BCUT2D eigenvalue weighted by Gasteiger charge is -2.14. The van der Waals surface area contributed by atoms with Gasteiger partial charge in [0.15, 0.2) is 11.5 Å². The average Bonchev–Trinajstić information content (AvgIpc) is 2.91. The van der Waals surface area contributed by atoms with Gasteiger partial charge in [0.25, 0.3) is 15.9 Å². The average molecular weight is 388 g/mol. The Kier molecular flexibility index (Phi) is 5.66. The van der Waals surface area contributed by atoms with E-state index in [0.29, 0.717) is 24.7 Å². The molecule has 0 saturated carbocycles. The van der Waals surface area contributed by atoms with Crippen LogP contribution in [-0.2, 0) is 10.0 Å². The van der Waals surface area contributed by atoms with E-state index in [0.717, 1.165) is 6.42 Å². The van der Waals surface area contributed by atoms with Gasteiger partial charge in [-0.3, -0.25) is 9.52 Å². The van der Waals surface area contributed by atoms with Crippen LogP contribution in [0.3, 0.4) is 0 Å². The normalized spacial score (nSPS) is 13.3.